The molecule has 0 aliphatic heterocycles. The summed E-state index contributed by atoms with van der Waals surface area (Å²) in [5.74, 6) is 0.253. The minimum Gasteiger partial charge on any atom is -0.289 e. The summed E-state index contributed by atoms with van der Waals surface area (Å²) in [5, 5.41) is 2.11. The van der Waals surface area contributed by atoms with E-state index in [1.807, 2.05) is 25.2 Å². The highest BCUT2D eigenvalue weighted by Crippen LogP contribution is 2.45. The summed E-state index contributed by atoms with van der Waals surface area (Å²) in [7, 11) is 0. The molecule has 0 atom stereocenters. The highest BCUT2D eigenvalue weighted by molar-refractivity contribution is 7.17. The molecule has 0 radical (unpaired) electrons. The molecule has 0 fully saturated rings. The van der Waals surface area contributed by atoms with Crippen molar-refractivity contribution in [1.29, 1.82) is 0 Å². The molecule has 2 aliphatic rings. The Balaban J connectivity index is 1.77. The van der Waals surface area contributed by atoms with Gasteiger partial charge in [0.05, 0.1) is 0 Å². The molecule has 43 heavy (non-hydrogen) atoms. The van der Waals surface area contributed by atoms with Gasteiger partial charge in [-0.25, -0.2) is 0 Å². The highest BCUT2D eigenvalue weighted by Gasteiger charge is 2.31. The number of Topliss-reactive ketones (excluding diaryl/α,β-unsaturated/α-hetero) is 2. The van der Waals surface area contributed by atoms with Crippen molar-refractivity contribution < 1.29 is 9.59 Å². The first-order chi connectivity index (χ1) is 20.2. The molecule has 0 unspecified atom stereocenters. The van der Waals surface area contributed by atoms with Crippen LogP contribution in [0.15, 0.2) is 99.5 Å². The predicted octanol–water partition coefficient (Wildman–Crippen LogP) is 11.0. The van der Waals surface area contributed by atoms with Crippen LogP contribution < -0.4 is 0 Å². The van der Waals surface area contributed by atoms with Crippen LogP contribution in [0.1, 0.15) is 86.7 Å². The lowest BCUT2D eigenvalue weighted by Gasteiger charge is -2.26. The average molecular weight is 625 g/mol. The summed E-state index contributed by atoms with van der Waals surface area (Å²) >= 11 is 5.33. The Labute approximate surface area is 268 Å². The molecular formula is C38H40O2S3. The number of thiophene rings is 3. The Kier molecular flexibility index (Phi) is 8.56. The SMILES string of the molecule is CCc1ccc(C(=C2C=C(C)C(=O)C(C(C)(C)C)=C2)c2ccc(C(=C3C=C(C)C(=O)C(C(C)(C)C)=C3)c3cccs3)s2)s1. The van der Waals surface area contributed by atoms with Crippen LogP contribution in [-0.4, -0.2) is 11.6 Å². The van der Waals surface area contributed by atoms with Crippen molar-refractivity contribution in [2.45, 2.75) is 68.7 Å². The third-order valence-corrected chi connectivity index (χ3v) is 11.1. The third-order valence-electron chi connectivity index (χ3n) is 7.87. The summed E-state index contributed by atoms with van der Waals surface area (Å²) in [5.41, 5.74) is 7.20. The van der Waals surface area contributed by atoms with Gasteiger partial charge in [-0.1, -0.05) is 54.5 Å². The molecule has 5 rings (SSSR count). The van der Waals surface area contributed by atoms with E-state index >= 15 is 0 Å². The quantitative estimate of drug-likeness (QED) is 0.283. The molecule has 3 heterocycles. The molecule has 2 aliphatic carbocycles. The topological polar surface area (TPSA) is 34.1 Å². The molecule has 0 spiro atoms. The Morgan fingerprint density at radius 1 is 0.628 bits per heavy atom. The lowest BCUT2D eigenvalue weighted by atomic mass is 9.77. The fraction of sp³-hybridized carbons (Fsp3) is 0.316. The second kappa shape index (κ2) is 11.8. The number of hydrogen-bond donors (Lipinski definition) is 0. The van der Waals surface area contributed by atoms with E-state index in [9.17, 15) is 9.59 Å². The summed E-state index contributed by atoms with van der Waals surface area (Å²) in [6.45, 7) is 18.7. The summed E-state index contributed by atoms with van der Waals surface area (Å²) in [6, 6.07) is 13.2. The first-order valence-electron chi connectivity index (χ1n) is 14.8. The van der Waals surface area contributed by atoms with Crippen LogP contribution in [-0.2, 0) is 16.0 Å². The van der Waals surface area contributed by atoms with Gasteiger partial charge >= 0.3 is 0 Å². The van der Waals surface area contributed by atoms with Gasteiger partial charge in [0.25, 0.3) is 0 Å². The second-order valence-corrected chi connectivity index (χ2v) is 16.6. The summed E-state index contributed by atoms with van der Waals surface area (Å²) in [4.78, 5) is 32.4. The van der Waals surface area contributed by atoms with Crippen molar-refractivity contribution >= 4 is 56.7 Å². The molecule has 0 saturated carbocycles. The predicted molar refractivity (Wildman–Crippen MR) is 187 cm³/mol. The van der Waals surface area contributed by atoms with E-state index in [1.165, 1.54) is 25.1 Å². The Morgan fingerprint density at radius 2 is 1.09 bits per heavy atom. The van der Waals surface area contributed by atoms with Crippen LogP contribution in [0.4, 0.5) is 0 Å². The zero-order chi connectivity index (χ0) is 31.3. The Bertz CT molecular complexity index is 1790. The minimum atomic E-state index is -0.260. The van der Waals surface area contributed by atoms with Crippen molar-refractivity contribution in [2.24, 2.45) is 10.8 Å². The van der Waals surface area contributed by atoms with Crippen molar-refractivity contribution in [3.63, 3.8) is 0 Å². The molecule has 2 nitrogen and oxygen atoms in total. The van der Waals surface area contributed by atoms with Gasteiger partial charge in [0.15, 0.2) is 11.6 Å². The molecule has 0 bridgehead atoms. The monoisotopic (exact) mass is 624 g/mol. The molecule has 0 amide bonds. The van der Waals surface area contributed by atoms with E-state index in [0.29, 0.717) is 0 Å². The van der Waals surface area contributed by atoms with E-state index in [1.54, 1.807) is 22.7 Å². The number of carbonyl (C=O) groups excluding carboxylic acids is 2. The number of allylic oxidation sites excluding steroid dienone is 10. The molecule has 0 N–H and O–H groups in total. The van der Waals surface area contributed by atoms with Crippen LogP contribution in [0, 0.1) is 10.8 Å². The largest absolute Gasteiger partial charge is 0.289 e. The zero-order valence-electron chi connectivity index (χ0n) is 26.6. The fourth-order valence-corrected chi connectivity index (χ4v) is 8.63. The molecule has 0 saturated heterocycles. The Hall–Kier alpha value is -3.12. The van der Waals surface area contributed by atoms with Gasteiger partial charge in [0, 0.05) is 46.7 Å². The van der Waals surface area contributed by atoms with Gasteiger partial charge < -0.3 is 0 Å². The van der Waals surface area contributed by atoms with E-state index in [0.717, 1.165) is 50.3 Å². The number of hydrogen-bond acceptors (Lipinski definition) is 5. The zero-order valence-corrected chi connectivity index (χ0v) is 29.0. The van der Waals surface area contributed by atoms with Crippen LogP contribution >= 0.6 is 34.0 Å². The molecular weight excluding hydrogens is 585 g/mol. The Morgan fingerprint density at radius 3 is 1.51 bits per heavy atom. The molecule has 0 aromatic carbocycles. The van der Waals surface area contributed by atoms with E-state index < -0.39 is 0 Å². The first kappa shape index (κ1) is 31.3. The van der Waals surface area contributed by atoms with Crippen molar-refractivity contribution in [3.05, 3.63) is 124 Å². The summed E-state index contributed by atoms with van der Waals surface area (Å²) in [6.07, 6.45) is 9.32. The standard InChI is InChI=1S/C38H40O2S3/c1-10-26-13-14-30(42-26)34(25-19-23(3)36(40)28(21-25)38(7,8)9)32-16-15-31(43-32)33(29-12-11-17-41-29)24-18-22(2)35(39)27(20-24)37(4,5)6/h11-21H,10H2,1-9H3. The number of aryl methyl sites for hydroxylation is 1. The number of ketones is 2. The van der Waals surface area contributed by atoms with Gasteiger partial charge in [0.1, 0.15) is 0 Å². The fourth-order valence-electron chi connectivity index (χ4n) is 5.49. The molecule has 5 heteroatoms. The van der Waals surface area contributed by atoms with Crippen LogP contribution in [0.25, 0.3) is 11.1 Å². The second-order valence-electron chi connectivity index (χ2n) is 13.4. The number of carbonyl (C=O) groups is 2. The minimum absolute atomic E-state index is 0.125. The van der Waals surface area contributed by atoms with Gasteiger partial charge in [-0.05, 0) is 113 Å². The molecule has 3 aromatic heterocycles. The van der Waals surface area contributed by atoms with Gasteiger partial charge in [-0.3, -0.25) is 9.59 Å². The maximum Gasteiger partial charge on any atom is 0.185 e. The van der Waals surface area contributed by atoms with Crippen molar-refractivity contribution in [3.8, 4) is 0 Å². The van der Waals surface area contributed by atoms with Crippen LogP contribution in [0.3, 0.4) is 0 Å². The normalized spacial score (nSPS) is 18.7. The van der Waals surface area contributed by atoms with Gasteiger partial charge in [0.2, 0.25) is 0 Å². The molecule has 222 valence electrons. The smallest absolute Gasteiger partial charge is 0.185 e. The lowest BCUT2D eigenvalue weighted by Crippen LogP contribution is -2.21. The maximum atomic E-state index is 13.2. The lowest BCUT2D eigenvalue weighted by molar-refractivity contribution is -0.113. The maximum absolute atomic E-state index is 13.2. The van der Waals surface area contributed by atoms with E-state index in [4.69, 9.17) is 0 Å². The van der Waals surface area contributed by atoms with Crippen LogP contribution in [0.2, 0.25) is 0 Å². The van der Waals surface area contributed by atoms with Gasteiger partial charge in [-0.2, -0.15) is 0 Å². The average Bonchev–Trinajstić information content (AvgIpc) is 3.70. The summed E-state index contributed by atoms with van der Waals surface area (Å²) < 4.78 is 0. The van der Waals surface area contributed by atoms with Crippen molar-refractivity contribution in [1.82, 2.24) is 0 Å². The first-order valence-corrected chi connectivity index (χ1v) is 17.3. The third kappa shape index (κ3) is 6.26. The number of rotatable bonds is 5. The van der Waals surface area contributed by atoms with Crippen molar-refractivity contribution in [2.75, 3.05) is 0 Å². The van der Waals surface area contributed by atoms with E-state index in [2.05, 4.69) is 115 Å². The van der Waals surface area contributed by atoms with E-state index in [-0.39, 0.29) is 22.4 Å². The highest BCUT2D eigenvalue weighted by atomic mass is 32.1. The van der Waals surface area contributed by atoms with Crippen LogP contribution in [0.5, 0.6) is 0 Å². The molecule has 3 aromatic rings. The van der Waals surface area contributed by atoms with Gasteiger partial charge in [-0.15, -0.1) is 34.0 Å².